The van der Waals surface area contributed by atoms with E-state index in [0.717, 1.165) is 18.7 Å². The van der Waals surface area contributed by atoms with Crippen molar-refractivity contribution in [2.24, 2.45) is 5.84 Å². The molecule has 1 saturated heterocycles. The topological polar surface area (TPSA) is 29.3 Å². The Hall–Kier alpha value is -0.500. The lowest BCUT2D eigenvalue weighted by atomic mass is 10.3. The maximum absolute atomic E-state index is 5.41. The fraction of sp³-hybridized carbons (Fsp3) is 0.600. The summed E-state index contributed by atoms with van der Waals surface area (Å²) in [7, 11) is 0. The van der Waals surface area contributed by atoms with E-state index < -0.39 is 0 Å². The van der Waals surface area contributed by atoms with Crippen LogP contribution in [0.3, 0.4) is 0 Å². The van der Waals surface area contributed by atoms with E-state index in [2.05, 4.69) is 6.58 Å². The van der Waals surface area contributed by atoms with Crippen molar-refractivity contribution in [3.05, 3.63) is 12.3 Å². The van der Waals surface area contributed by atoms with Gasteiger partial charge in [-0.3, -0.25) is 0 Å². The lowest BCUT2D eigenvalue weighted by Crippen LogP contribution is -2.24. The van der Waals surface area contributed by atoms with Crippen LogP contribution in [0.1, 0.15) is 12.8 Å². The number of hydrazine groups is 1. The van der Waals surface area contributed by atoms with Crippen LogP contribution in [-0.2, 0) is 0 Å². The Morgan fingerprint density at radius 1 is 1.71 bits per heavy atom. The smallest absolute Gasteiger partial charge is 0.0341 e. The van der Waals surface area contributed by atoms with Gasteiger partial charge in [0.2, 0.25) is 0 Å². The molecule has 1 heterocycles. The van der Waals surface area contributed by atoms with Crippen molar-refractivity contribution in [2.45, 2.75) is 12.8 Å². The van der Waals surface area contributed by atoms with E-state index in [1.54, 1.807) is 5.01 Å². The largest absolute Gasteiger partial charge is 0.316 e. The standard InChI is InChI=1S/C5H10N2/c1-5-3-2-4-7(5)6/h1-4,6H2. The number of hydrogen-bond donors (Lipinski definition) is 1. The zero-order valence-corrected chi connectivity index (χ0v) is 4.35. The van der Waals surface area contributed by atoms with Gasteiger partial charge in [-0.05, 0) is 12.8 Å². The first-order valence-electron chi connectivity index (χ1n) is 2.51. The Bertz CT molecular complexity index is 88.1. The molecule has 1 aliphatic heterocycles. The van der Waals surface area contributed by atoms with Crippen LogP contribution in [0.4, 0.5) is 0 Å². The third-order valence-electron chi connectivity index (χ3n) is 1.27. The molecule has 2 heteroatoms. The summed E-state index contributed by atoms with van der Waals surface area (Å²) in [4.78, 5) is 0. The summed E-state index contributed by atoms with van der Waals surface area (Å²) in [5, 5.41) is 1.71. The van der Waals surface area contributed by atoms with Crippen LogP contribution in [0.2, 0.25) is 0 Å². The molecule has 40 valence electrons. The molecule has 0 spiro atoms. The van der Waals surface area contributed by atoms with E-state index in [9.17, 15) is 0 Å². The Balaban J connectivity index is 2.48. The average molecular weight is 98.1 g/mol. The second kappa shape index (κ2) is 1.54. The molecule has 0 radical (unpaired) electrons. The zero-order chi connectivity index (χ0) is 5.28. The fourth-order valence-electron chi connectivity index (χ4n) is 0.755. The van der Waals surface area contributed by atoms with E-state index in [-0.39, 0.29) is 0 Å². The molecule has 0 amide bonds. The fourth-order valence-corrected chi connectivity index (χ4v) is 0.755. The van der Waals surface area contributed by atoms with Gasteiger partial charge in [-0.2, -0.15) is 0 Å². The van der Waals surface area contributed by atoms with E-state index in [1.165, 1.54) is 6.42 Å². The van der Waals surface area contributed by atoms with E-state index >= 15 is 0 Å². The normalized spacial score (nSPS) is 21.3. The van der Waals surface area contributed by atoms with Crippen LogP contribution < -0.4 is 5.84 Å². The van der Waals surface area contributed by atoms with Crippen molar-refractivity contribution in [1.29, 1.82) is 0 Å². The number of rotatable bonds is 0. The number of hydrogen-bond acceptors (Lipinski definition) is 2. The molecule has 1 rings (SSSR count). The Labute approximate surface area is 43.6 Å². The molecule has 0 aromatic carbocycles. The van der Waals surface area contributed by atoms with Crippen LogP contribution in [0.5, 0.6) is 0 Å². The van der Waals surface area contributed by atoms with Crippen molar-refractivity contribution in [1.82, 2.24) is 5.01 Å². The van der Waals surface area contributed by atoms with Crippen LogP contribution in [-0.4, -0.2) is 11.6 Å². The van der Waals surface area contributed by atoms with Crippen LogP contribution in [0, 0.1) is 0 Å². The summed E-state index contributed by atoms with van der Waals surface area (Å²) in [6.45, 7) is 4.72. The molecule has 1 fully saturated rings. The van der Waals surface area contributed by atoms with E-state index in [1.807, 2.05) is 0 Å². The molecular formula is C5H10N2. The molecular weight excluding hydrogens is 88.1 g/mol. The number of nitrogens with zero attached hydrogens (tertiary/aromatic N) is 1. The Morgan fingerprint density at radius 2 is 2.43 bits per heavy atom. The van der Waals surface area contributed by atoms with Gasteiger partial charge in [0.05, 0.1) is 0 Å². The first kappa shape index (κ1) is 4.65. The highest BCUT2D eigenvalue weighted by Crippen LogP contribution is 2.13. The monoisotopic (exact) mass is 98.1 g/mol. The summed E-state index contributed by atoms with van der Waals surface area (Å²) in [6.07, 6.45) is 2.26. The predicted octanol–water partition coefficient (Wildman–Crippen LogP) is 0.470. The second-order valence-corrected chi connectivity index (χ2v) is 1.86. The van der Waals surface area contributed by atoms with Crippen LogP contribution in [0.15, 0.2) is 12.3 Å². The molecule has 0 unspecified atom stereocenters. The maximum atomic E-state index is 5.41. The van der Waals surface area contributed by atoms with Gasteiger partial charge in [0.25, 0.3) is 0 Å². The maximum Gasteiger partial charge on any atom is 0.0341 e. The molecule has 0 aromatic heterocycles. The first-order valence-corrected chi connectivity index (χ1v) is 2.51. The quantitative estimate of drug-likeness (QED) is 0.446. The van der Waals surface area contributed by atoms with Crippen LogP contribution in [0.25, 0.3) is 0 Å². The summed E-state index contributed by atoms with van der Waals surface area (Å²) < 4.78 is 0. The molecule has 7 heavy (non-hydrogen) atoms. The first-order chi connectivity index (χ1) is 3.30. The molecule has 2 nitrogen and oxygen atoms in total. The Morgan fingerprint density at radius 3 is 2.57 bits per heavy atom. The Kier molecular flexibility index (Phi) is 1.02. The van der Waals surface area contributed by atoms with Gasteiger partial charge in [-0.15, -0.1) is 0 Å². The number of allylic oxidation sites excluding steroid dienone is 1. The van der Waals surface area contributed by atoms with Crippen molar-refractivity contribution < 1.29 is 0 Å². The van der Waals surface area contributed by atoms with Crippen molar-refractivity contribution in [3.8, 4) is 0 Å². The van der Waals surface area contributed by atoms with Gasteiger partial charge in [0.1, 0.15) is 0 Å². The van der Waals surface area contributed by atoms with Crippen molar-refractivity contribution >= 4 is 0 Å². The minimum Gasteiger partial charge on any atom is -0.316 e. The summed E-state index contributed by atoms with van der Waals surface area (Å²) in [5.74, 6) is 5.41. The van der Waals surface area contributed by atoms with Crippen LogP contribution >= 0.6 is 0 Å². The van der Waals surface area contributed by atoms with Gasteiger partial charge in [0, 0.05) is 12.2 Å². The van der Waals surface area contributed by atoms with Gasteiger partial charge in [0.15, 0.2) is 0 Å². The lowest BCUT2D eigenvalue weighted by Gasteiger charge is -2.08. The molecule has 1 aliphatic rings. The lowest BCUT2D eigenvalue weighted by molar-refractivity contribution is 0.415. The molecule has 0 saturated carbocycles. The third-order valence-corrected chi connectivity index (χ3v) is 1.27. The molecule has 0 bridgehead atoms. The highest BCUT2D eigenvalue weighted by Gasteiger charge is 2.08. The molecule has 0 aromatic rings. The number of nitrogens with two attached hydrogens (primary N) is 1. The summed E-state index contributed by atoms with van der Waals surface area (Å²) >= 11 is 0. The SMILES string of the molecule is C=C1CCCN1N. The van der Waals surface area contributed by atoms with E-state index in [0.29, 0.717) is 0 Å². The molecule has 2 N–H and O–H groups in total. The minimum absolute atomic E-state index is 0.985. The average Bonchev–Trinajstić information content (AvgIpc) is 1.91. The molecule has 0 aliphatic carbocycles. The third kappa shape index (κ3) is 0.747. The highest BCUT2D eigenvalue weighted by molar-refractivity contribution is 4.96. The van der Waals surface area contributed by atoms with E-state index in [4.69, 9.17) is 5.84 Å². The van der Waals surface area contributed by atoms with Gasteiger partial charge >= 0.3 is 0 Å². The summed E-state index contributed by atoms with van der Waals surface area (Å²) in [6, 6.07) is 0. The van der Waals surface area contributed by atoms with Crippen molar-refractivity contribution in [2.75, 3.05) is 6.54 Å². The van der Waals surface area contributed by atoms with Gasteiger partial charge in [-0.25, -0.2) is 5.84 Å². The highest BCUT2D eigenvalue weighted by atomic mass is 15.4. The van der Waals surface area contributed by atoms with Gasteiger partial charge < -0.3 is 5.01 Å². The second-order valence-electron chi connectivity index (χ2n) is 1.86. The predicted molar refractivity (Wildman–Crippen MR) is 29.3 cm³/mol. The van der Waals surface area contributed by atoms with Crippen molar-refractivity contribution in [3.63, 3.8) is 0 Å². The summed E-state index contributed by atoms with van der Waals surface area (Å²) in [5.41, 5.74) is 1.07. The zero-order valence-electron chi connectivity index (χ0n) is 4.35. The minimum atomic E-state index is 0.985. The molecule has 0 atom stereocenters. The van der Waals surface area contributed by atoms with Gasteiger partial charge in [-0.1, -0.05) is 6.58 Å².